The minimum atomic E-state index is -0.432. The lowest BCUT2D eigenvalue weighted by atomic mass is 10.0. The molecule has 0 saturated heterocycles. The highest BCUT2D eigenvalue weighted by Gasteiger charge is 2.39. The van der Waals surface area contributed by atoms with Gasteiger partial charge in [-0.2, -0.15) is 0 Å². The maximum Gasteiger partial charge on any atom is 0.278 e. The van der Waals surface area contributed by atoms with E-state index < -0.39 is 11.8 Å². The summed E-state index contributed by atoms with van der Waals surface area (Å²) in [4.78, 5) is 31.9. The third kappa shape index (κ3) is 4.29. The molecule has 0 fully saturated rings. The Labute approximate surface area is 190 Å². The fourth-order valence-electron chi connectivity index (χ4n) is 3.41. The topological polar surface area (TPSA) is 80.8 Å². The second-order valence-corrected chi connectivity index (χ2v) is 7.47. The molecular weight excluding hydrogens is 430 g/mol. The molecule has 4 rings (SSSR count). The summed E-state index contributed by atoms with van der Waals surface area (Å²) >= 11 is 6.02. The molecule has 1 aliphatic heterocycles. The molecule has 0 aliphatic carbocycles. The van der Waals surface area contributed by atoms with Gasteiger partial charge in [-0.05, 0) is 35.4 Å². The van der Waals surface area contributed by atoms with Crippen molar-refractivity contribution in [2.75, 3.05) is 19.5 Å². The van der Waals surface area contributed by atoms with E-state index in [1.807, 2.05) is 0 Å². The Hall–Kier alpha value is -3.84. The highest BCUT2D eigenvalue weighted by Crippen LogP contribution is 2.34. The average Bonchev–Trinajstić information content (AvgIpc) is 3.04. The molecule has 0 radical (unpaired) electrons. The van der Waals surface area contributed by atoms with Crippen molar-refractivity contribution in [1.82, 2.24) is 9.88 Å². The number of hydrogen-bond acceptors (Lipinski definition) is 6. The zero-order valence-electron chi connectivity index (χ0n) is 17.5. The van der Waals surface area contributed by atoms with Gasteiger partial charge in [-0.3, -0.25) is 19.5 Å². The molecule has 0 atom stereocenters. The molecule has 162 valence electrons. The highest BCUT2D eigenvalue weighted by molar-refractivity contribution is 6.36. The maximum absolute atomic E-state index is 13.4. The molecule has 1 N–H and O–H groups in total. The molecule has 0 saturated carbocycles. The summed E-state index contributed by atoms with van der Waals surface area (Å²) in [6.07, 6.45) is 3.24. The SMILES string of the molecule is COc1cc(NC2=C(c3ccc(Cl)cc3)C(=O)N(Cc3ccncc3)C2=O)cc(OC)c1. The molecule has 0 unspecified atom stereocenters. The molecule has 1 aromatic heterocycles. The van der Waals surface area contributed by atoms with Crippen molar-refractivity contribution in [3.05, 3.63) is 88.8 Å². The van der Waals surface area contributed by atoms with Gasteiger partial charge in [0.1, 0.15) is 17.2 Å². The lowest BCUT2D eigenvalue weighted by molar-refractivity contribution is -0.137. The van der Waals surface area contributed by atoms with Crippen LogP contribution < -0.4 is 14.8 Å². The Morgan fingerprint density at radius 1 is 0.906 bits per heavy atom. The van der Waals surface area contributed by atoms with Gasteiger partial charge in [0.15, 0.2) is 0 Å². The Morgan fingerprint density at radius 2 is 1.53 bits per heavy atom. The number of methoxy groups -OCH3 is 2. The van der Waals surface area contributed by atoms with E-state index in [0.717, 1.165) is 5.56 Å². The summed E-state index contributed by atoms with van der Waals surface area (Å²) in [7, 11) is 3.08. The Balaban J connectivity index is 1.76. The van der Waals surface area contributed by atoms with E-state index in [-0.39, 0.29) is 17.8 Å². The number of nitrogens with zero attached hydrogens (tertiary/aromatic N) is 2. The van der Waals surface area contributed by atoms with Crippen LogP contribution in [0.4, 0.5) is 5.69 Å². The molecule has 2 aromatic carbocycles. The number of imide groups is 1. The van der Waals surface area contributed by atoms with Gasteiger partial charge in [0.25, 0.3) is 11.8 Å². The first-order chi connectivity index (χ1) is 15.5. The lowest BCUT2D eigenvalue weighted by Gasteiger charge is -2.15. The van der Waals surface area contributed by atoms with Gasteiger partial charge in [0, 0.05) is 41.3 Å². The predicted molar refractivity (Wildman–Crippen MR) is 121 cm³/mol. The van der Waals surface area contributed by atoms with Crippen molar-refractivity contribution < 1.29 is 19.1 Å². The summed E-state index contributed by atoms with van der Waals surface area (Å²) in [5.74, 6) is 0.266. The second kappa shape index (κ2) is 9.11. The van der Waals surface area contributed by atoms with Crippen molar-refractivity contribution in [3.8, 4) is 11.5 Å². The predicted octanol–water partition coefficient (Wildman–Crippen LogP) is 4.14. The monoisotopic (exact) mass is 449 g/mol. The van der Waals surface area contributed by atoms with Gasteiger partial charge < -0.3 is 14.8 Å². The van der Waals surface area contributed by atoms with Gasteiger partial charge in [0.2, 0.25) is 0 Å². The zero-order valence-corrected chi connectivity index (χ0v) is 18.2. The number of carbonyl (C=O) groups excluding carboxylic acids is 2. The standard InChI is InChI=1S/C24H20ClN3O4/c1-31-19-11-18(12-20(13-19)32-2)27-22-21(16-3-5-17(25)6-4-16)23(29)28(24(22)30)14-15-7-9-26-10-8-15/h3-13,27H,14H2,1-2H3. The number of halogens is 1. The Bertz CT molecular complexity index is 1170. The molecular formula is C24H20ClN3O4. The van der Waals surface area contributed by atoms with Crippen LogP contribution in [0.3, 0.4) is 0 Å². The van der Waals surface area contributed by atoms with Crippen LogP contribution in [-0.2, 0) is 16.1 Å². The molecule has 3 aromatic rings. The van der Waals surface area contributed by atoms with Gasteiger partial charge >= 0.3 is 0 Å². The number of hydrogen-bond donors (Lipinski definition) is 1. The highest BCUT2D eigenvalue weighted by atomic mass is 35.5. The number of aromatic nitrogens is 1. The Morgan fingerprint density at radius 3 is 2.12 bits per heavy atom. The van der Waals surface area contributed by atoms with E-state index in [0.29, 0.717) is 27.8 Å². The van der Waals surface area contributed by atoms with Gasteiger partial charge in [-0.1, -0.05) is 23.7 Å². The van der Waals surface area contributed by atoms with E-state index in [2.05, 4.69) is 10.3 Å². The molecule has 0 bridgehead atoms. The number of anilines is 1. The fourth-order valence-corrected chi connectivity index (χ4v) is 3.54. The van der Waals surface area contributed by atoms with Crippen molar-refractivity contribution in [2.24, 2.45) is 0 Å². The number of rotatable bonds is 7. The third-order valence-electron chi connectivity index (χ3n) is 5.01. The number of amides is 2. The summed E-state index contributed by atoms with van der Waals surface area (Å²) in [6.45, 7) is 0.129. The minimum absolute atomic E-state index is 0.129. The van der Waals surface area contributed by atoms with Crippen molar-refractivity contribution in [3.63, 3.8) is 0 Å². The summed E-state index contributed by atoms with van der Waals surface area (Å²) < 4.78 is 10.6. The molecule has 7 nitrogen and oxygen atoms in total. The molecule has 2 heterocycles. The van der Waals surface area contributed by atoms with Gasteiger partial charge in [-0.25, -0.2) is 0 Å². The molecule has 2 amide bonds. The summed E-state index contributed by atoms with van der Waals surface area (Å²) in [5, 5.41) is 3.65. The minimum Gasteiger partial charge on any atom is -0.497 e. The largest absolute Gasteiger partial charge is 0.497 e. The van der Waals surface area contributed by atoms with Crippen LogP contribution in [0.1, 0.15) is 11.1 Å². The fraction of sp³-hybridized carbons (Fsp3) is 0.125. The molecule has 32 heavy (non-hydrogen) atoms. The van der Waals surface area contributed by atoms with Crippen LogP contribution in [0.5, 0.6) is 11.5 Å². The molecule has 0 spiro atoms. The number of benzene rings is 2. The quantitative estimate of drug-likeness (QED) is 0.546. The van der Waals surface area contributed by atoms with Gasteiger partial charge in [0.05, 0.1) is 26.3 Å². The average molecular weight is 450 g/mol. The molecule has 1 aliphatic rings. The van der Waals surface area contributed by atoms with Crippen LogP contribution in [-0.4, -0.2) is 35.9 Å². The van der Waals surface area contributed by atoms with Crippen molar-refractivity contribution >= 4 is 34.7 Å². The normalized spacial score (nSPS) is 13.5. The van der Waals surface area contributed by atoms with Crippen LogP contribution in [0.25, 0.3) is 5.57 Å². The lowest BCUT2D eigenvalue weighted by Crippen LogP contribution is -2.32. The van der Waals surface area contributed by atoms with Crippen molar-refractivity contribution in [1.29, 1.82) is 0 Å². The zero-order chi connectivity index (χ0) is 22.7. The van der Waals surface area contributed by atoms with Crippen LogP contribution in [0.2, 0.25) is 5.02 Å². The van der Waals surface area contributed by atoms with Gasteiger partial charge in [-0.15, -0.1) is 0 Å². The number of pyridine rings is 1. The first-order valence-electron chi connectivity index (χ1n) is 9.75. The first-order valence-corrected chi connectivity index (χ1v) is 10.1. The van der Waals surface area contributed by atoms with Crippen LogP contribution in [0, 0.1) is 0 Å². The van der Waals surface area contributed by atoms with Crippen molar-refractivity contribution in [2.45, 2.75) is 6.54 Å². The smallest absolute Gasteiger partial charge is 0.278 e. The third-order valence-corrected chi connectivity index (χ3v) is 5.26. The number of ether oxygens (including phenoxy) is 2. The second-order valence-electron chi connectivity index (χ2n) is 7.04. The molecule has 8 heteroatoms. The van der Waals surface area contributed by atoms with E-state index in [1.54, 1.807) is 67.0 Å². The van der Waals surface area contributed by atoms with E-state index >= 15 is 0 Å². The maximum atomic E-state index is 13.4. The van der Waals surface area contributed by atoms with E-state index in [9.17, 15) is 9.59 Å². The number of nitrogens with one attached hydrogen (secondary N) is 1. The van der Waals surface area contributed by atoms with Crippen LogP contribution >= 0.6 is 11.6 Å². The summed E-state index contributed by atoms with van der Waals surface area (Å²) in [6, 6.07) is 15.5. The van der Waals surface area contributed by atoms with Crippen LogP contribution in [0.15, 0.2) is 72.7 Å². The number of carbonyl (C=O) groups is 2. The Kier molecular flexibility index (Phi) is 6.09. The first kappa shape index (κ1) is 21.4. The van der Waals surface area contributed by atoms with E-state index in [4.69, 9.17) is 21.1 Å². The van der Waals surface area contributed by atoms with E-state index in [1.165, 1.54) is 19.1 Å². The summed E-state index contributed by atoms with van der Waals surface area (Å²) in [5.41, 5.74) is 2.36.